The van der Waals surface area contributed by atoms with E-state index in [0.717, 1.165) is 37.6 Å². The van der Waals surface area contributed by atoms with E-state index in [1.165, 1.54) is 18.2 Å². The van der Waals surface area contributed by atoms with E-state index in [0.29, 0.717) is 20.9 Å². The maximum atomic E-state index is 12.9. The Morgan fingerprint density at radius 1 is 1.00 bits per heavy atom. The van der Waals surface area contributed by atoms with Gasteiger partial charge in [-0.1, -0.05) is 59.2 Å². The minimum atomic E-state index is -0.437. The molecule has 9 heteroatoms. The highest BCUT2D eigenvalue weighted by atomic mass is 35.5. The topological polar surface area (TPSA) is 63.1 Å². The van der Waals surface area contributed by atoms with Crippen LogP contribution in [0.15, 0.2) is 53.7 Å². The van der Waals surface area contributed by atoms with Crippen molar-refractivity contribution in [3.63, 3.8) is 0 Å². The largest absolute Gasteiger partial charge is 0.341 e. The Kier molecular flexibility index (Phi) is 7.05. The first kappa shape index (κ1) is 22.0. The van der Waals surface area contributed by atoms with Crippen molar-refractivity contribution in [3.05, 3.63) is 58.6 Å². The SMILES string of the molecule is CC(Sc1nnc(N2CCCCC2)n1-c1ccccc1)C(=O)Nc1c(Cl)cccc1Cl. The number of benzene rings is 2. The van der Waals surface area contributed by atoms with Crippen molar-refractivity contribution in [2.45, 2.75) is 36.6 Å². The zero-order valence-corrected chi connectivity index (χ0v) is 19.4. The lowest BCUT2D eigenvalue weighted by atomic mass is 10.1. The highest BCUT2D eigenvalue weighted by Gasteiger charge is 2.25. The Labute approximate surface area is 195 Å². The lowest BCUT2D eigenvalue weighted by Gasteiger charge is -2.28. The highest BCUT2D eigenvalue weighted by molar-refractivity contribution is 8.00. The number of hydrogen-bond acceptors (Lipinski definition) is 5. The number of nitrogens with one attached hydrogen (secondary N) is 1. The van der Waals surface area contributed by atoms with E-state index >= 15 is 0 Å². The third-order valence-electron chi connectivity index (χ3n) is 5.13. The van der Waals surface area contributed by atoms with E-state index in [4.69, 9.17) is 23.2 Å². The molecule has 1 saturated heterocycles. The van der Waals surface area contributed by atoms with Crippen molar-refractivity contribution in [1.29, 1.82) is 0 Å². The summed E-state index contributed by atoms with van der Waals surface area (Å²) in [6.07, 6.45) is 3.52. The van der Waals surface area contributed by atoms with E-state index in [9.17, 15) is 4.79 Å². The second kappa shape index (κ2) is 9.94. The zero-order chi connectivity index (χ0) is 21.8. The summed E-state index contributed by atoms with van der Waals surface area (Å²) in [5.41, 5.74) is 1.39. The smallest absolute Gasteiger partial charge is 0.237 e. The van der Waals surface area contributed by atoms with Crippen molar-refractivity contribution in [1.82, 2.24) is 14.8 Å². The molecule has 1 atom stereocenters. The Morgan fingerprint density at radius 3 is 2.35 bits per heavy atom. The van der Waals surface area contributed by atoms with Crippen LogP contribution >= 0.6 is 35.0 Å². The highest BCUT2D eigenvalue weighted by Crippen LogP contribution is 2.33. The Bertz CT molecular complexity index is 1030. The minimum Gasteiger partial charge on any atom is -0.341 e. The summed E-state index contributed by atoms with van der Waals surface area (Å²) in [4.78, 5) is 15.1. The predicted molar refractivity (Wildman–Crippen MR) is 128 cm³/mol. The quantitative estimate of drug-likeness (QED) is 0.464. The molecular weight excluding hydrogens is 453 g/mol. The monoisotopic (exact) mass is 475 g/mol. The summed E-state index contributed by atoms with van der Waals surface area (Å²) in [5.74, 6) is 0.609. The average Bonchev–Trinajstić information content (AvgIpc) is 3.21. The number of para-hydroxylation sites is 2. The van der Waals surface area contributed by atoms with Gasteiger partial charge in [0.25, 0.3) is 0 Å². The van der Waals surface area contributed by atoms with Crippen LogP contribution in [0.1, 0.15) is 26.2 Å². The van der Waals surface area contributed by atoms with Crippen molar-refractivity contribution in [2.24, 2.45) is 0 Å². The predicted octanol–water partition coefficient (Wildman–Crippen LogP) is 5.68. The summed E-state index contributed by atoms with van der Waals surface area (Å²) in [5, 5.41) is 12.8. The number of hydrogen-bond donors (Lipinski definition) is 1. The van der Waals surface area contributed by atoms with Crippen LogP contribution in [0.2, 0.25) is 10.0 Å². The van der Waals surface area contributed by atoms with Crippen molar-refractivity contribution in [3.8, 4) is 5.69 Å². The molecule has 6 nitrogen and oxygen atoms in total. The number of amides is 1. The van der Waals surface area contributed by atoms with Gasteiger partial charge in [0.15, 0.2) is 5.16 Å². The fourth-order valence-electron chi connectivity index (χ4n) is 3.49. The van der Waals surface area contributed by atoms with E-state index in [1.54, 1.807) is 18.2 Å². The van der Waals surface area contributed by atoms with Gasteiger partial charge >= 0.3 is 0 Å². The third-order valence-corrected chi connectivity index (χ3v) is 6.80. The first-order valence-electron chi connectivity index (χ1n) is 10.2. The normalized spacial score (nSPS) is 15.0. The van der Waals surface area contributed by atoms with Gasteiger partial charge in [0, 0.05) is 13.1 Å². The van der Waals surface area contributed by atoms with E-state index in [1.807, 2.05) is 41.8 Å². The molecule has 0 aliphatic carbocycles. The third kappa shape index (κ3) is 5.00. The maximum absolute atomic E-state index is 12.9. The minimum absolute atomic E-state index is 0.206. The standard InChI is InChI=1S/C22H23Cl2N5OS/c1-15(20(30)25-19-17(23)11-8-12-18(19)24)31-22-27-26-21(28-13-6-3-7-14-28)29(22)16-9-4-2-5-10-16/h2,4-5,8-12,15H,3,6-7,13-14H2,1H3,(H,25,30). The summed E-state index contributed by atoms with van der Waals surface area (Å²) >= 11 is 13.7. The number of carbonyl (C=O) groups excluding carboxylic acids is 1. The van der Waals surface area contributed by atoms with E-state index < -0.39 is 5.25 Å². The van der Waals surface area contributed by atoms with Gasteiger partial charge in [-0.05, 0) is 50.5 Å². The number of nitrogens with zero attached hydrogens (tertiary/aromatic N) is 4. The number of piperidine rings is 1. The van der Waals surface area contributed by atoms with Crippen LogP contribution in [-0.2, 0) is 4.79 Å². The molecule has 1 fully saturated rings. The Morgan fingerprint density at radius 2 is 1.68 bits per heavy atom. The number of aromatic nitrogens is 3. The Hall–Kier alpha value is -2.22. The van der Waals surface area contributed by atoms with E-state index in [2.05, 4.69) is 20.4 Å². The average molecular weight is 476 g/mol. The molecule has 0 bridgehead atoms. The van der Waals surface area contributed by atoms with Gasteiger partial charge in [-0.2, -0.15) is 0 Å². The van der Waals surface area contributed by atoms with Crippen LogP contribution in [0.5, 0.6) is 0 Å². The Balaban J connectivity index is 1.59. The number of rotatable bonds is 6. The fraction of sp³-hybridized carbons (Fsp3) is 0.318. The van der Waals surface area contributed by atoms with Crippen LogP contribution in [0.25, 0.3) is 5.69 Å². The van der Waals surface area contributed by atoms with Crippen LogP contribution in [0.3, 0.4) is 0 Å². The lowest BCUT2D eigenvalue weighted by Crippen LogP contribution is -2.31. The summed E-state index contributed by atoms with van der Waals surface area (Å²) in [6.45, 7) is 3.74. The fourth-order valence-corrected chi connectivity index (χ4v) is 4.85. The zero-order valence-electron chi connectivity index (χ0n) is 17.1. The van der Waals surface area contributed by atoms with Crippen molar-refractivity contribution in [2.75, 3.05) is 23.3 Å². The lowest BCUT2D eigenvalue weighted by molar-refractivity contribution is -0.115. The number of thioether (sulfide) groups is 1. The number of carbonyl (C=O) groups is 1. The van der Waals surface area contributed by atoms with Gasteiger partial charge in [0.05, 0.1) is 26.7 Å². The molecule has 2 aromatic carbocycles. The molecule has 31 heavy (non-hydrogen) atoms. The molecule has 0 saturated carbocycles. The molecule has 1 aromatic heterocycles. The van der Waals surface area contributed by atoms with Gasteiger partial charge in [-0.3, -0.25) is 9.36 Å². The summed E-state index contributed by atoms with van der Waals surface area (Å²) < 4.78 is 2.03. The molecule has 0 radical (unpaired) electrons. The molecule has 1 unspecified atom stereocenters. The number of anilines is 2. The maximum Gasteiger partial charge on any atom is 0.237 e. The summed E-state index contributed by atoms with van der Waals surface area (Å²) in [7, 11) is 0. The summed E-state index contributed by atoms with van der Waals surface area (Å²) in [6, 6.07) is 15.1. The molecule has 162 valence electrons. The van der Waals surface area contributed by atoms with Gasteiger partial charge in [-0.25, -0.2) is 0 Å². The van der Waals surface area contributed by atoms with Gasteiger partial charge in [-0.15, -0.1) is 10.2 Å². The second-order valence-electron chi connectivity index (χ2n) is 7.35. The molecule has 2 heterocycles. The van der Waals surface area contributed by atoms with Crippen molar-refractivity contribution >= 4 is 52.5 Å². The first-order chi connectivity index (χ1) is 15.0. The molecule has 4 rings (SSSR count). The molecule has 1 N–H and O–H groups in total. The number of halogens is 2. The van der Waals surface area contributed by atoms with E-state index in [-0.39, 0.29) is 5.91 Å². The van der Waals surface area contributed by atoms with Crippen LogP contribution in [0, 0.1) is 0 Å². The van der Waals surface area contributed by atoms with Crippen LogP contribution < -0.4 is 10.2 Å². The first-order valence-corrected chi connectivity index (χ1v) is 11.9. The van der Waals surface area contributed by atoms with Crippen LogP contribution in [-0.4, -0.2) is 39.0 Å². The molecule has 1 aliphatic heterocycles. The van der Waals surface area contributed by atoms with Gasteiger partial charge in [0.1, 0.15) is 0 Å². The van der Waals surface area contributed by atoms with Crippen LogP contribution in [0.4, 0.5) is 11.6 Å². The molecule has 1 amide bonds. The molecular formula is C22H23Cl2N5OS. The molecule has 3 aromatic rings. The molecule has 0 spiro atoms. The van der Waals surface area contributed by atoms with Gasteiger partial charge < -0.3 is 10.2 Å². The van der Waals surface area contributed by atoms with Crippen molar-refractivity contribution < 1.29 is 4.79 Å². The van der Waals surface area contributed by atoms with Gasteiger partial charge in [0.2, 0.25) is 11.9 Å². The second-order valence-corrected chi connectivity index (χ2v) is 9.47. The molecule has 1 aliphatic rings.